The fraction of sp³-hybridized carbons (Fsp3) is 0.611. The van der Waals surface area contributed by atoms with Crippen molar-refractivity contribution in [1.29, 1.82) is 5.26 Å². The molecule has 0 aliphatic carbocycles. The highest BCUT2D eigenvalue weighted by Crippen LogP contribution is 2.31. The third-order valence-electron chi connectivity index (χ3n) is 4.42. The summed E-state index contributed by atoms with van der Waals surface area (Å²) in [7, 11) is 0. The summed E-state index contributed by atoms with van der Waals surface area (Å²) in [5.74, 6) is 0. The van der Waals surface area contributed by atoms with Gasteiger partial charge in [0.1, 0.15) is 0 Å². The third kappa shape index (κ3) is 3.54. The van der Waals surface area contributed by atoms with Crippen LogP contribution in [0.4, 0.5) is 5.69 Å². The summed E-state index contributed by atoms with van der Waals surface area (Å²) in [5.41, 5.74) is 2.74. The predicted octanol–water partition coefficient (Wildman–Crippen LogP) is 4.55. The van der Waals surface area contributed by atoms with Gasteiger partial charge in [0.05, 0.1) is 11.5 Å². The van der Waals surface area contributed by atoms with Crippen LogP contribution >= 0.6 is 0 Å². The number of nitriles is 1. The number of nitrogens with zero attached hydrogens (tertiary/aromatic N) is 2. The van der Waals surface area contributed by atoms with Crippen molar-refractivity contribution in [2.24, 2.45) is 5.41 Å². The fourth-order valence-corrected chi connectivity index (χ4v) is 3.01. The molecule has 0 radical (unpaired) electrons. The SMILES string of the molecule is CC1CCc2ccccc2N1CCCCC(C)(C)C#N. The Balaban J connectivity index is 1.91. The largest absolute Gasteiger partial charge is 0.369 e. The zero-order chi connectivity index (χ0) is 14.6. The van der Waals surface area contributed by atoms with E-state index in [1.165, 1.54) is 30.5 Å². The van der Waals surface area contributed by atoms with Gasteiger partial charge >= 0.3 is 0 Å². The first-order chi connectivity index (χ1) is 9.53. The van der Waals surface area contributed by atoms with E-state index in [9.17, 15) is 0 Å². The molecule has 0 saturated carbocycles. The molecule has 108 valence electrons. The Kier molecular flexibility index (Phi) is 4.70. The molecule has 1 aliphatic heterocycles. The van der Waals surface area contributed by atoms with Gasteiger partial charge in [-0.05, 0) is 58.1 Å². The number of benzene rings is 1. The molecule has 0 spiro atoms. The quantitative estimate of drug-likeness (QED) is 0.734. The second-order valence-electron chi connectivity index (χ2n) is 6.66. The van der Waals surface area contributed by atoms with E-state index in [1.807, 2.05) is 13.8 Å². The Morgan fingerprint density at radius 2 is 2.05 bits per heavy atom. The molecule has 2 rings (SSSR count). The van der Waals surface area contributed by atoms with E-state index >= 15 is 0 Å². The van der Waals surface area contributed by atoms with E-state index in [0.29, 0.717) is 6.04 Å². The number of hydrogen-bond donors (Lipinski definition) is 0. The van der Waals surface area contributed by atoms with Crippen LogP contribution in [0.1, 0.15) is 52.0 Å². The Bertz CT molecular complexity index is 484. The van der Waals surface area contributed by atoms with Gasteiger partial charge in [0.25, 0.3) is 0 Å². The minimum atomic E-state index is -0.175. The van der Waals surface area contributed by atoms with Crippen LogP contribution in [0, 0.1) is 16.7 Å². The van der Waals surface area contributed by atoms with Crippen molar-refractivity contribution in [2.75, 3.05) is 11.4 Å². The molecule has 20 heavy (non-hydrogen) atoms. The molecule has 0 aromatic heterocycles. The highest BCUT2D eigenvalue weighted by Gasteiger charge is 2.22. The van der Waals surface area contributed by atoms with Crippen LogP contribution < -0.4 is 4.90 Å². The van der Waals surface area contributed by atoms with Crippen LogP contribution in [-0.4, -0.2) is 12.6 Å². The molecule has 1 aromatic rings. The van der Waals surface area contributed by atoms with Crippen LogP contribution in [0.3, 0.4) is 0 Å². The average molecular weight is 270 g/mol. The van der Waals surface area contributed by atoms with Crippen LogP contribution in [0.15, 0.2) is 24.3 Å². The maximum atomic E-state index is 9.05. The summed E-state index contributed by atoms with van der Waals surface area (Å²) in [5, 5.41) is 9.05. The fourth-order valence-electron chi connectivity index (χ4n) is 3.01. The lowest BCUT2D eigenvalue weighted by Gasteiger charge is -2.37. The summed E-state index contributed by atoms with van der Waals surface area (Å²) < 4.78 is 0. The topological polar surface area (TPSA) is 27.0 Å². The van der Waals surface area contributed by atoms with E-state index in [2.05, 4.69) is 42.2 Å². The molecule has 2 heteroatoms. The van der Waals surface area contributed by atoms with Crippen molar-refractivity contribution in [3.8, 4) is 6.07 Å². The molecule has 0 amide bonds. The molecule has 1 heterocycles. The average Bonchev–Trinajstić information content (AvgIpc) is 2.45. The van der Waals surface area contributed by atoms with Crippen LogP contribution in [0.25, 0.3) is 0 Å². The van der Waals surface area contributed by atoms with Crippen molar-refractivity contribution < 1.29 is 0 Å². The Labute approximate surface area is 123 Å². The molecule has 1 unspecified atom stereocenters. The molecular weight excluding hydrogens is 244 g/mol. The lowest BCUT2D eigenvalue weighted by molar-refractivity contribution is 0.422. The number of unbranched alkanes of at least 4 members (excludes halogenated alkanes) is 1. The summed E-state index contributed by atoms with van der Waals surface area (Å²) in [6, 6.07) is 11.8. The number of rotatable bonds is 5. The van der Waals surface area contributed by atoms with Gasteiger partial charge in [-0.3, -0.25) is 0 Å². The van der Waals surface area contributed by atoms with Gasteiger partial charge in [0.2, 0.25) is 0 Å². The number of aryl methyl sites for hydroxylation is 1. The first kappa shape index (κ1) is 14.9. The first-order valence-corrected chi connectivity index (χ1v) is 7.79. The standard InChI is InChI=1S/C18H26N2/c1-15-10-11-16-8-4-5-9-17(16)20(15)13-7-6-12-18(2,3)14-19/h4-5,8-9,15H,6-7,10-13H2,1-3H3. The van der Waals surface area contributed by atoms with Gasteiger partial charge in [-0.2, -0.15) is 5.26 Å². The van der Waals surface area contributed by atoms with Crippen molar-refractivity contribution in [1.82, 2.24) is 0 Å². The molecule has 1 atom stereocenters. The second kappa shape index (κ2) is 6.31. The minimum absolute atomic E-state index is 0.175. The highest BCUT2D eigenvalue weighted by atomic mass is 15.2. The zero-order valence-corrected chi connectivity index (χ0v) is 13.0. The molecule has 0 bridgehead atoms. The van der Waals surface area contributed by atoms with Crippen molar-refractivity contribution in [2.45, 2.75) is 58.9 Å². The molecule has 0 saturated heterocycles. The van der Waals surface area contributed by atoms with Gasteiger partial charge in [-0.25, -0.2) is 0 Å². The van der Waals surface area contributed by atoms with Crippen LogP contribution in [-0.2, 0) is 6.42 Å². The summed E-state index contributed by atoms with van der Waals surface area (Å²) in [6.45, 7) is 7.51. The van der Waals surface area contributed by atoms with Crippen LogP contribution in [0.5, 0.6) is 0 Å². The molecular formula is C18H26N2. The van der Waals surface area contributed by atoms with Gasteiger partial charge in [-0.1, -0.05) is 24.6 Å². The van der Waals surface area contributed by atoms with Crippen molar-refractivity contribution >= 4 is 5.69 Å². The number of hydrogen-bond acceptors (Lipinski definition) is 2. The number of fused-ring (bicyclic) bond motifs is 1. The molecule has 0 N–H and O–H groups in total. The molecule has 2 nitrogen and oxygen atoms in total. The van der Waals surface area contributed by atoms with Gasteiger partial charge < -0.3 is 4.90 Å². The zero-order valence-electron chi connectivity index (χ0n) is 13.0. The van der Waals surface area contributed by atoms with E-state index < -0.39 is 0 Å². The minimum Gasteiger partial charge on any atom is -0.369 e. The smallest absolute Gasteiger partial charge is 0.0683 e. The molecule has 1 aromatic carbocycles. The lowest BCUT2D eigenvalue weighted by Crippen LogP contribution is -2.38. The summed E-state index contributed by atoms with van der Waals surface area (Å²) in [6.07, 6.45) is 5.75. The van der Waals surface area contributed by atoms with E-state index in [-0.39, 0.29) is 5.41 Å². The normalized spacial score (nSPS) is 18.5. The van der Waals surface area contributed by atoms with Crippen molar-refractivity contribution in [3.63, 3.8) is 0 Å². The Morgan fingerprint density at radius 3 is 2.80 bits per heavy atom. The number of para-hydroxylation sites is 1. The lowest BCUT2D eigenvalue weighted by atomic mass is 9.89. The summed E-state index contributed by atoms with van der Waals surface area (Å²) >= 11 is 0. The summed E-state index contributed by atoms with van der Waals surface area (Å²) in [4.78, 5) is 2.55. The van der Waals surface area contributed by atoms with Gasteiger partial charge in [0, 0.05) is 18.3 Å². The number of anilines is 1. The monoisotopic (exact) mass is 270 g/mol. The molecule has 0 fully saturated rings. The van der Waals surface area contributed by atoms with Gasteiger partial charge in [0.15, 0.2) is 0 Å². The highest BCUT2D eigenvalue weighted by molar-refractivity contribution is 5.56. The van der Waals surface area contributed by atoms with Crippen LogP contribution in [0.2, 0.25) is 0 Å². The van der Waals surface area contributed by atoms with Gasteiger partial charge in [-0.15, -0.1) is 0 Å². The van der Waals surface area contributed by atoms with Crippen molar-refractivity contribution in [3.05, 3.63) is 29.8 Å². The van der Waals surface area contributed by atoms with E-state index in [1.54, 1.807) is 0 Å². The Morgan fingerprint density at radius 1 is 1.30 bits per heavy atom. The maximum Gasteiger partial charge on any atom is 0.0683 e. The Hall–Kier alpha value is -1.49. The third-order valence-corrected chi connectivity index (χ3v) is 4.42. The second-order valence-corrected chi connectivity index (χ2v) is 6.66. The van der Waals surface area contributed by atoms with E-state index in [4.69, 9.17) is 5.26 Å². The maximum absolute atomic E-state index is 9.05. The van der Waals surface area contributed by atoms with E-state index in [0.717, 1.165) is 19.4 Å². The first-order valence-electron chi connectivity index (χ1n) is 7.79. The predicted molar refractivity (Wildman–Crippen MR) is 84.8 cm³/mol. The molecule has 1 aliphatic rings.